The van der Waals surface area contributed by atoms with Gasteiger partial charge in [-0.1, -0.05) is 23.2 Å². The molecule has 0 amide bonds. The van der Waals surface area contributed by atoms with Gasteiger partial charge in [-0.2, -0.15) is 0 Å². The molecule has 128 valence electrons. The number of aliphatic imine (C=N–C) groups is 1. The Hall–Kier alpha value is -2.50. The molecule has 7 heteroatoms. The minimum atomic E-state index is -0.567. The Bertz CT molecular complexity index is 884. The summed E-state index contributed by atoms with van der Waals surface area (Å²) in [5, 5.41) is 0.835. The highest BCUT2D eigenvalue weighted by Gasteiger charge is 2.25. The first kappa shape index (κ1) is 17.3. The van der Waals surface area contributed by atoms with Crippen molar-refractivity contribution < 1.29 is 19.0 Å². The number of hydrogen-bond donors (Lipinski definition) is 0. The van der Waals surface area contributed by atoms with Crippen LogP contribution in [0, 0.1) is 0 Å². The lowest BCUT2D eigenvalue weighted by Gasteiger charge is -2.05. The van der Waals surface area contributed by atoms with Crippen molar-refractivity contribution in [3.63, 3.8) is 0 Å². The highest BCUT2D eigenvalue weighted by Crippen LogP contribution is 2.28. The number of halogens is 2. The summed E-state index contributed by atoms with van der Waals surface area (Å²) in [5.74, 6) is 0.764. The fourth-order valence-corrected chi connectivity index (χ4v) is 2.75. The van der Waals surface area contributed by atoms with Gasteiger partial charge < -0.3 is 14.2 Å². The topological polar surface area (TPSA) is 57.1 Å². The summed E-state index contributed by atoms with van der Waals surface area (Å²) in [7, 11) is 3.10. The normalized spacial score (nSPS) is 15.1. The molecule has 0 fully saturated rings. The first-order chi connectivity index (χ1) is 12.0. The van der Waals surface area contributed by atoms with Gasteiger partial charge in [0.15, 0.2) is 5.70 Å². The number of methoxy groups -OCH3 is 2. The first-order valence-corrected chi connectivity index (χ1v) is 7.97. The molecule has 1 aliphatic heterocycles. The molecule has 0 N–H and O–H groups in total. The molecule has 2 aromatic carbocycles. The van der Waals surface area contributed by atoms with Crippen molar-refractivity contribution in [3.8, 4) is 11.5 Å². The van der Waals surface area contributed by atoms with E-state index in [1.165, 1.54) is 0 Å². The molecule has 0 saturated heterocycles. The van der Waals surface area contributed by atoms with E-state index in [0.717, 1.165) is 0 Å². The number of carbonyl (C=O) groups is 1. The van der Waals surface area contributed by atoms with Crippen LogP contribution in [0.5, 0.6) is 11.5 Å². The largest absolute Gasteiger partial charge is 0.497 e. The van der Waals surface area contributed by atoms with Crippen LogP contribution in [0.3, 0.4) is 0 Å². The van der Waals surface area contributed by atoms with Crippen molar-refractivity contribution in [2.24, 2.45) is 4.99 Å². The summed E-state index contributed by atoms with van der Waals surface area (Å²) >= 11 is 12.0. The van der Waals surface area contributed by atoms with E-state index < -0.39 is 5.97 Å². The number of rotatable bonds is 4. The Kier molecular flexibility index (Phi) is 4.97. The summed E-state index contributed by atoms with van der Waals surface area (Å²) in [6, 6.07) is 10.1. The standard InChI is InChI=1S/C18H13Cl2NO4/c1-23-12-5-10(6-13(9-12)24-2)7-16-18(22)25-17(21-16)14-4-3-11(19)8-15(14)20/h3-9H,1-2H3/b16-7-. The molecule has 0 aromatic heterocycles. The van der Waals surface area contributed by atoms with Crippen LogP contribution in [-0.2, 0) is 9.53 Å². The molecule has 2 aromatic rings. The van der Waals surface area contributed by atoms with E-state index in [9.17, 15) is 4.79 Å². The number of esters is 1. The molecule has 3 rings (SSSR count). The van der Waals surface area contributed by atoms with Crippen LogP contribution in [0.4, 0.5) is 0 Å². The van der Waals surface area contributed by atoms with Crippen molar-refractivity contribution in [2.75, 3.05) is 14.2 Å². The zero-order valence-electron chi connectivity index (χ0n) is 13.4. The average Bonchev–Trinajstić information content (AvgIpc) is 2.94. The van der Waals surface area contributed by atoms with E-state index >= 15 is 0 Å². The molecule has 0 aliphatic carbocycles. The van der Waals surface area contributed by atoms with Gasteiger partial charge in [-0.3, -0.25) is 0 Å². The van der Waals surface area contributed by atoms with Crippen LogP contribution < -0.4 is 9.47 Å². The first-order valence-electron chi connectivity index (χ1n) is 7.21. The lowest BCUT2D eigenvalue weighted by molar-refractivity contribution is -0.129. The van der Waals surface area contributed by atoms with Gasteiger partial charge in [0.25, 0.3) is 0 Å². The Labute approximate surface area is 154 Å². The zero-order valence-corrected chi connectivity index (χ0v) is 14.9. The van der Waals surface area contributed by atoms with Gasteiger partial charge in [-0.15, -0.1) is 0 Å². The highest BCUT2D eigenvalue weighted by molar-refractivity contribution is 6.37. The fourth-order valence-electron chi connectivity index (χ4n) is 2.26. The third-order valence-corrected chi connectivity index (χ3v) is 4.01. The lowest BCUT2D eigenvalue weighted by Crippen LogP contribution is -2.05. The number of hydrogen-bond acceptors (Lipinski definition) is 5. The van der Waals surface area contributed by atoms with Crippen molar-refractivity contribution >= 4 is 41.1 Å². The Balaban J connectivity index is 1.98. The van der Waals surface area contributed by atoms with Crippen LogP contribution in [0.25, 0.3) is 6.08 Å². The van der Waals surface area contributed by atoms with Gasteiger partial charge in [0.05, 0.1) is 24.8 Å². The van der Waals surface area contributed by atoms with E-state index in [-0.39, 0.29) is 11.6 Å². The summed E-state index contributed by atoms with van der Waals surface area (Å²) in [6.07, 6.45) is 1.59. The molecule has 0 spiro atoms. The van der Waals surface area contributed by atoms with Gasteiger partial charge in [0.1, 0.15) is 11.5 Å². The second-order valence-corrected chi connectivity index (χ2v) is 5.95. The van der Waals surface area contributed by atoms with E-state index in [4.69, 9.17) is 37.4 Å². The molecule has 1 heterocycles. The zero-order chi connectivity index (χ0) is 18.0. The Morgan fingerprint density at radius 2 is 1.72 bits per heavy atom. The van der Waals surface area contributed by atoms with Gasteiger partial charge in [-0.25, -0.2) is 9.79 Å². The molecular weight excluding hydrogens is 365 g/mol. The molecule has 0 unspecified atom stereocenters. The minimum Gasteiger partial charge on any atom is -0.497 e. The van der Waals surface area contributed by atoms with Crippen molar-refractivity contribution in [1.29, 1.82) is 0 Å². The maximum absolute atomic E-state index is 12.1. The van der Waals surface area contributed by atoms with Gasteiger partial charge >= 0.3 is 5.97 Å². The summed E-state index contributed by atoms with van der Waals surface area (Å²) in [4.78, 5) is 16.3. The number of cyclic esters (lactones) is 1. The van der Waals surface area contributed by atoms with Crippen LogP contribution in [-0.4, -0.2) is 26.1 Å². The molecule has 0 radical (unpaired) electrons. The number of nitrogens with zero attached hydrogens (tertiary/aromatic N) is 1. The number of carbonyl (C=O) groups excluding carboxylic acids is 1. The van der Waals surface area contributed by atoms with E-state index in [1.54, 1.807) is 56.7 Å². The summed E-state index contributed by atoms with van der Waals surface area (Å²) < 4.78 is 15.6. The van der Waals surface area contributed by atoms with E-state index in [0.29, 0.717) is 32.7 Å². The van der Waals surface area contributed by atoms with Crippen LogP contribution in [0.15, 0.2) is 47.1 Å². The van der Waals surface area contributed by atoms with Gasteiger partial charge in [0.2, 0.25) is 5.90 Å². The van der Waals surface area contributed by atoms with E-state index in [2.05, 4.69) is 4.99 Å². The van der Waals surface area contributed by atoms with Crippen LogP contribution in [0.2, 0.25) is 10.0 Å². The van der Waals surface area contributed by atoms with Gasteiger partial charge in [0, 0.05) is 11.1 Å². The van der Waals surface area contributed by atoms with Crippen molar-refractivity contribution in [3.05, 3.63) is 63.3 Å². The van der Waals surface area contributed by atoms with Crippen molar-refractivity contribution in [1.82, 2.24) is 0 Å². The predicted octanol–water partition coefficient (Wildman–Crippen LogP) is 4.36. The van der Waals surface area contributed by atoms with Crippen molar-refractivity contribution in [2.45, 2.75) is 0 Å². The predicted molar refractivity (Wildman–Crippen MR) is 96.6 cm³/mol. The SMILES string of the molecule is COc1cc(/C=C2\N=C(c3ccc(Cl)cc3Cl)OC2=O)cc(OC)c1. The second kappa shape index (κ2) is 7.17. The summed E-state index contributed by atoms with van der Waals surface area (Å²) in [5.41, 5.74) is 1.33. The molecule has 5 nitrogen and oxygen atoms in total. The third kappa shape index (κ3) is 3.78. The number of ether oxygens (including phenoxy) is 3. The summed E-state index contributed by atoms with van der Waals surface area (Å²) in [6.45, 7) is 0. The van der Waals surface area contributed by atoms with Crippen LogP contribution in [0.1, 0.15) is 11.1 Å². The molecule has 0 saturated carbocycles. The van der Waals surface area contributed by atoms with Crippen LogP contribution >= 0.6 is 23.2 Å². The average molecular weight is 378 g/mol. The van der Waals surface area contributed by atoms with E-state index in [1.807, 2.05) is 0 Å². The highest BCUT2D eigenvalue weighted by atomic mass is 35.5. The fraction of sp³-hybridized carbons (Fsp3) is 0.111. The molecular formula is C18H13Cl2NO4. The molecule has 25 heavy (non-hydrogen) atoms. The monoisotopic (exact) mass is 377 g/mol. The number of benzene rings is 2. The molecule has 0 atom stereocenters. The van der Waals surface area contributed by atoms with Gasteiger partial charge in [-0.05, 0) is 42.0 Å². The lowest BCUT2D eigenvalue weighted by atomic mass is 10.1. The second-order valence-electron chi connectivity index (χ2n) is 5.11. The molecule has 0 bridgehead atoms. The quantitative estimate of drug-likeness (QED) is 0.586. The Morgan fingerprint density at radius 1 is 1.04 bits per heavy atom. The Morgan fingerprint density at radius 3 is 2.32 bits per heavy atom. The maximum atomic E-state index is 12.1. The maximum Gasteiger partial charge on any atom is 0.363 e. The minimum absolute atomic E-state index is 0.132. The molecule has 1 aliphatic rings. The third-order valence-electron chi connectivity index (χ3n) is 3.46. The smallest absolute Gasteiger partial charge is 0.363 e.